The van der Waals surface area contributed by atoms with Gasteiger partial charge in [0.1, 0.15) is 0 Å². The number of benzene rings is 1. The smallest absolute Gasteiger partial charge is 0.258 e. The van der Waals surface area contributed by atoms with Gasteiger partial charge in [-0.1, -0.05) is 34.6 Å². The van der Waals surface area contributed by atoms with Crippen molar-refractivity contribution in [1.29, 1.82) is 0 Å². The number of nitro groups is 1. The Morgan fingerprint density at radius 3 is 2.79 bits per heavy atom. The highest BCUT2D eigenvalue weighted by Crippen LogP contribution is 2.28. The third-order valence-electron chi connectivity index (χ3n) is 1.96. The Bertz CT molecular complexity index is 388. The first-order valence-corrected chi connectivity index (χ1v) is 5.18. The summed E-state index contributed by atoms with van der Waals surface area (Å²) in [5.41, 5.74) is 2.36. The second kappa shape index (κ2) is 4.37. The van der Waals surface area contributed by atoms with E-state index < -0.39 is 0 Å². The van der Waals surface area contributed by atoms with Crippen molar-refractivity contribution < 1.29 is 4.92 Å². The Kier molecular flexibility index (Phi) is 3.41. The molecule has 0 aliphatic rings. The van der Waals surface area contributed by atoms with Gasteiger partial charge in [0, 0.05) is 11.4 Å². The van der Waals surface area contributed by atoms with Crippen LogP contribution in [0.3, 0.4) is 0 Å². The summed E-state index contributed by atoms with van der Waals surface area (Å²) < 4.78 is 0. The number of nitrogens with zero attached hydrogens (tertiary/aromatic N) is 1. The van der Waals surface area contributed by atoms with Crippen molar-refractivity contribution in [2.24, 2.45) is 0 Å². The number of allylic oxidation sites excluding steroid dienone is 1. The van der Waals surface area contributed by atoms with E-state index in [1.165, 1.54) is 6.07 Å². The number of hydrogen-bond donors (Lipinski definition) is 0. The molecule has 4 heteroatoms. The average molecular weight is 256 g/mol. The molecule has 0 saturated carbocycles. The summed E-state index contributed by atoms with van der Waals surface area (Å²) in [6.07, 6.45) is 0. The number of aryl methyl sites for hydroxylation is 1. The van der Waals surface area contributed by atoms with Crippen LogP contribution in [0.25, 0.3) is 5.57 Å². The lowest BCUT2D eigenvalue weighted by Crippen LogP contribution is -1.97. The van der Waals surface area contributed by atoms with Crippen LogP contribution in [0.15, 0.2) is 24.8 Å². The van der Waals surface area contributed by atoms with Crippen LogP contribution in [0.5, 0.6) is 0 Å². The minimum atomic E-state index is -0.379. The van der Waals surface area contributed by atoms with E-state index in [0.29, 0.717) is 10.9 Å². The first-order chi connectivity index (χ1) is 6.57. The number of alkyl halides is 1. The normalized spacial score (nSPS) is 9.86. The van der Waals surface area contributed by atoms with Crippen molar-refractivity contribution in [1.82, 2.24) is 0 Å². The Labute approximate surface area is 90.7 Å². The highest BCUT2D eigenvalue weighted by molar-refractivity contribution is 9.09. The molecule has 1 rings (SSSR count). The molecule has 3 nitrogen and oxygen atoms in total. The summed E-state index contributed by atoms with van der Waals surface area (Å²) in [5, 5.41) is 11.3. The lowest BCUT2D eigenvalue weighted by Gasteiger charge is -2.06. The largest absolute Gasteiger partial charge is 0.277 e. The van der Waals surface area contributed by atoms with Crippen LogP contribution in [0.2, 0.25) is 0 Å². The van der Waals surface area contributed by atoms with Gasteiger partial charge in [-0.3, -0.25) is 10.1 Å². The minimum absolute atomic E-state index is 0.120. The van der Waals surface area contributed by atoms with Crippen LogP contribution < -0.4 is 0 Å². The van der Waals surface area contributed by atoms with Gasteiger partial charge >= 0.3 is 0 Å². The fourth-order valence-electron chi connectivity index (χ4n) is 1.33. The molecule has 0 atom stereocenters. The predicted molar refractivity (Wildman–Crippen MR) is 60.7 cm³/mol. The van der Waals surface area contributed by atoms with Gasteiger partial charge in [0.25, 0.3) is 5.69 Å². The first kappa shape index (κ1) is 10.9. The minimum Gasteiger partial charge on any atom is -0.258 e. The summed E-state index contributed by atoms with van der Waals surface area (Å²) in [6, 6.07) is 5.02. The highest BCUT2D eigenvalue weighted by Gasteiger charge is 2.16. The SMILES string of the molecule is C=C(CBr)c1c(C)cccc1[N+](=O)[O-]. The van der Waals surface area contributed by atoms with Crippen LogP contribution in [-0.4, -0.2) is 10.3 Å². The zero-order valence-corrected chi connectivity index (χ0v) is 9.37. The number of nitro benzene ring substituents is 1. The topological polar surface area (TPSA) is 43.1 Å². The summed E-state index contributed by atoms with van der Waals surface area (Å²) in [6.45, 7) is 5.64. The van der Waals surface area contributed by atoms with Crippen LogP contribution in [0.1, 0.15) is 11.1 Å². The molecule has 0 aliphatic heterocycles. The van der Waals surface area contributed by atoms with Gasteiger partial charge in [0.05, 0.1) is 10.5 Å². The average Bonchev–Trinajstić information content (AvgIpc) is 2.16. The summed E-state index contributed by atoms with van der Waals surface area (Å²) >= 11 is 3.25. The summed E-state index contributed by atoms with van der Waals surface area (Å²) in [5.74, 6) is 0. The Morgan fingerprint density at radius 1 is 1.64 bits per heavy atom. The highest BCUT2D eigenvalue weighted by atomic mass is 79.9. The van der Waals surface area contributed by atoms with Crippen LogP contribution >= 0.6 is 15.9 Å². The molecule has 1 aromatic rings. The van der Waals surface area contributed by atoms with Crippen LogP contribution in [0.4, 0.5) is 5.69 Å². The number of hydrogen-bond acceptors (Lipinski definition) is 2. The molecule has 0 saturated heterocycles. The van der Waals surface area contributed by atoms with Crippen LogP contribution in [-0.2, 0) is 0 Å². The van der Waals surface area contributed by atoms with Crippen molar-refractivity contribution in [3.8, 4) is 0 Å². The van der Waals surface area contributed by atoms with Crippen molar-refractivity contribution in [2.45, 2.75) is 6.92 Å². The van der Waals surface area contributed by atoms with Crippen molar-refractivity contribution in [2.75, 3.05) is 5.33 Å². The fourth-order valence-corrected chi connectivity index (χ4v) is 1.61. The second-order valence-electron chi connectivity index (χ2n) is 2.96. The number of halogens is 1. The molecular weight excluding hydrogens is 246 g/mol. The molecule has 0 fully saturated rings. The zero-order valence-electron chi connectivity index (χ0n) is 7.79. The molecule has 1 aromatic carbocycles. The molecule has 0 aromatic heterocycles. The molecular formula is C10H10BrNO2. The molecule has 0 N–H and O–H groups in total. The van der Waals surface area contributed by atoms with E-state index >= 15 is 0 Å². The molecule has 0 aliphatic carbocycles. The maximum atomic E-state index is 10.7. The van der Waals surface area contributed by atoms with Gasteiger partial charge < -0.3 is 0 Å². The Hall–Kier alpha value is -1.16. The van der Waals surface area contributed by atoms with Crippen molar-refractivity contribution in [3.05, 3.63) is 46.0 Å². The van der Waals surface area contributed by atoms with E-state index in [-0.39, 0.29) is 10.6 Å². The Balaban J connectivity index is 3.36. The van der Waals surface area contributed by atoms with E-state index in [1.807, 2.05) is 13.0 Å². The molecule has 14 heavy (non-hydrogen) atoms. The van der Waals surface area contributed by atoms with E-state index in [1.54, 1.807) is 6.07 Å². The summed E-state index contributed by atoms with van der Waals surface area (Å²) in [4.78, 5) is 10.4. The molecule has 0 amide bonds. The lowest BCUT2D eigenvalue weighted by molar-refractivity contribution is -0.385. The van der Waals surface area contributed by atoms with Gasteiger partial charge in [-0.05, 0) is 18.1 Å². The molecule has 0 spiro atoms. The van der Waals surface area contributed by atoms with E-state index in [0.717, 1.165) is 11.1 Å². The fraction of sp³-hybridized carbons (Fsp3) is 0.200. The van der Waals surface area contributed by atoms with Gasteiger partial charge in [0.15, 0.2) is 0 Å². The lowest BCUT2D eigenvalue weighted by atomic mass is 10.0. The molecule has 0 heterocycles. The number of rotatable bonds is 3. The monoisotopic (exact) mass is 255 g/mol. The molecule has 0 bridgehead atoms. The van der Waals surface area contributed by atoms with Gasteiger partial charge in [0.2, 0.25) is 0 Å². The maximum absolute atomic E-state index is 10.7. The standard InChI is InChI=1S/C10H10BrNO2/c1-7-4-3-5-9(12(13)14)10(7)8(2)6-11/h3-5H,2,6H2,1H3. The van der Waals surface area contributed by atoms with Gasteiger partial charge in [-0.2, -0.15) is 0 Å². The predicted octanol–water partition coefficient (Wildman–Crippen LogP) is 3.31. The zero-order chi connectivity index (χ0) is 10.7. The quantitative estimate of drug-likeness (QED) is 0.473. The molecule has 0 radical (unpaired) electrons. The Morgan fingerprint density at radius 2 is 2.29 bits per heavy atom. The molecule has 74 valence electrons. The summed E-state index contributed by atoms with van der Waals surface area (Å²) in [7, 11) is 0. The van der Waals surface area contributed by atoms with Gasteiger partial charge in [-0.25, -0.2) is 0 Å². The second-order valence-corrected chi connectivity index (χ2v) is 3.52. The van der Waals surface area contributed by atoms with Crippen molar-refractivity contribution >= 4 is 27.2 Å². The third kappa shape index (κ3) is 2.01. The first-order valence-electron chi connectivity index (χ1n) is 4.06. The van der Waals surface area contributed by atoms with E-state index in [2.05, 4.69) is 22.5 Å². The van der Waals surface area contributed by atoms with E-state index in [4.69, 9.17) is 0 Å². The maximum Gasteiger partial charge on any atom is 0.277 e. The molecule has 0 unspecified atom stereocenters. The third-order valence-corrected chi connectivity index (χ3v) is 2.64. The van der Waals surface area contributed by atoms with Crippen LogP contribution in [0, 0.1) is 17.0 Å². The van der Waals surface area contributed by atoms with Gasteiger partial charge in [-0.15, -0.1) is 0 Å². The van der Waals surface area contributed by atoms with E-state index in [9.17, 15) is 10.1 Å². The van der Waals surface area contributed by atoms with Crippen molar-refractivity contribution in [3.63, 3.8) is 0 Å².